The Bertz CT molecular complexity index is 472. The Morgan fingerprint density at radius 1 is 1.43 bits per heavy atom. The van der Waals surface area contributed by atoms with Crippen molar-refractivity contribution in [1.82, 2.24) is 15.1 Å². The minimum Gasteiger partial charge on any atom is -0.393 e. The van der Waals surface area contributed by atoms with E-state index in [0.717, 1.165) is 5.69 Å². The summed E-state index contributed by atoms with van der Waals surface area (Å²) in [6.07, 6.45) is 0.911. The summed E-state index contributed by atoms with van der Waals surface area (Å²) in [7, 11) is 0. The molecule has 0 aliphatic heterocycles. The van der Waals surface area contributed by atoms with Crippen LogP contribution in [0.25, 0.3) is 0 Å². The van der Waals surface area contributed by atoms with E-state index in [1.165, 1.54) is 0 Å². The normalized spacial score (nSPS) is 13.5. The van der Waals surface area contributed by atoms with Gasteiger partial charge in [0.1, 0.15) is 5.69 Å². The first-order chi connectivity index (χ1) is 9.66. The van der Waals surface area contributed by atoms with Crippen molar-refractivity contribution < 1.29 is 9.90 Å². The van der Waals surface area contributed by atoms with E-state index < -0.39 is 0 Å². The monoisotopic (exact) mass is 295 g/mol. The number of carbonyl (C=O) groups is 1. The number of hydrogen-bond acceptors (Lipinski definition) is 3. The van der Waals surface area contributed by atoms with Gasteiger partial charge in [0.25, 0.3) is 5.91 Å². The van der Waals surface area contributed by atoms with Crippen LogP contribution in [0.15, 0.2) is 6.07 Å². The van der Waals surface area contributed by atoms with Crippen molar-refractivity contribution in [3.05, 3.63) is 17.5 Å². The topological polar surface area (TPSA) is 67.2 Å². The predicted octanol–water partition coefficient (Wildman–Crippen LogP) is 2.65. The first-order valence-corrected chi connectivity index (χ1v) is 7.73. The molecule has 0 saturated carbocycles. The van der Waals surface area contributed by atoms with Crippen LogP contribution in [0.3, 0.4) is 0 Å². The van der Waals surface area contributed by atoms with Crippen LogP contribution in [0.4, 0.5) is 0 Å². The van der Waals surface area contributed by atoms with Crippen molar-refractivity contribution in [1.29, 1.82) is 0 Å². The van der Waals surface area contributed by atoms with E-state index in [0.29, 0.717) is 31.0 Å². The second-order valence-electron chi connectivity index (χ2n) is 6.80. The van der Waals surface area contributed by atoms with Crippen molar-refractivity contribution in [2.45, 2.75) is 71.9 Å². The molecule has 1 amide bonds. The Morgan fingerprint density at radius 3 is 2.48 bits per heavy atom. The van der Waals surface area contributed by atoms with Gasteiger partial charge in [0.2, 0.25) is 0 Å². The zero-order valence-corrected chi connectivity index (χ0v) is 14.1. The van der Waals surface area contributed by atoms with Crippen LogP contribution in [0, 0.1) is 0 Å². The van der Waals surface area contributed by atoms with Crippen molar-refractivity contribution >= 4 is 5.91 Å². The van der Waals surface area contributed by atoms with Gasteiger partial charge in [-0.15, -0.1) is 0 Å². The maximum atomic E-state index is 12.2. The highest BCUT2D eigenvalue weighted by Gasteiger charge is 2.23. The van der Waals surface area contributed by atoms with Crippen molar-refractivity contribution in [2.24, 2.45) is 0 Å². The van der Waals surface area contributed by atoms with Crippen molar-refractivity contribution in [2.75, 3.05) is 6.54 Å². The molecule has 120 valence electrons. The van der Waals surface area contributed by atoms with Crippen LogP contribution in [-0.2, 0) is 5.54 Å². The highest BCUT2D eigenvalue weighted by atomic mass is 16.3. The van der Waals surface area contributed by atoms with Gasteiger partial charge in [0.05, 0.1) is 11.6 Å². The third-order valence-corrected chi connectivity index (χ3v) is 3.43. The molecule has 0 aliphatic rings. The van der Waals surface area contributed by atoms with Crippen LogP contribution in [0.2, 0.25) is 0 Å². The molecule has 0 fully saturated rings. The van der Waals surface area contributed by atoms with Crippen LogP contribution in [0.1, 0.15) is 76.5 Å². The second-order valence-corrected chi connectivity index (χ2v) is 6.80. The van der Waals surface area contributed by atoms with Gasteiger partial charge < -0.3 is 10.4 Å². The lowest BCUT2D eigenvalue weighted by Gasteiger charge is -2.23. The van der Waals surface area contributed by atoms with Gasteiger partial charge in [-0.1, -0.05) is 20.8 Å². The zero-order chi connectivity index (χ0) is 16.2. The van der Waals surface area contributed by atoms with Crippen LogP contribution < -0.4 is 5.32 Å². The number of nitrogens with one attached hydrogen (secondary N) is 1. The first-order valence-electron chi connectivity index (χ1n) is 7.73. The van der Waals surface area contributed by atoms with Gasteiger partial charge in [0, 0.05) is 12.2 Å². The Morgan fingerprint density at radius 2 is 2.05 bits per heavy atom. The standard InChI is InChI=1S/C16H29N3O2/c1-7-12(20)8-9-17-15(21)13-10-14(11(2)3)19(18-13)16(4,5)6/h10-12,20H,7-9H2,1-6H3,(H,17,21). The molecule has 1 rings (SSSR count). The van der Waals surface area contributed by atoms with E-state index in [4.69, 9.17) is 0 Å². The van der Waals surface area contributed by atoms with Gasteiger partial charge in [-0.2, -0.15) is 5.10 Å². The third kappa shape index (κ3) is 4.84. The summed E-state index contributed by atoms with van der Waals surface area (Å²) >= 11 is 0. The number of aromatic nitrogens is 2. The fraction of sp³-hybridized carbons (Fsp3) is 0.750. The number of hydrogen-bond donors (Lipinski definition) is 2. The predicted molar refractivity (Wildman–Crippen MR) is 84.6 cm³/mol. The van der Waals surface area contributed by atoms with Crippen molar-refractivity contribution in [3.8, 4) is 0 Å². The van der Waals surface area contributed by atoms with E-state index in [1.807, 2.05) is 17.7 Å². The number of amides is 1. The summed E-state index contributed by atoms with van der Waals surface area (Å²) in [5.74, 6) is 0.128. The third-order valence-electron chi connectivity index (χ3n) is 3.43. The molecule has 1 atom stereocenters. The quantitative estimate of drug-likeness (QED) is 0.848. The molecule has 21 heavy (non-hydrogen) atoms. The molecule has 0 aromatic carbocycles. The summed E-state index contributed by atoms with van der Waals surface area (Å²) < 4.78 is 1.92. The fourth-order valence-electron chi connectivity index (χ4n) is 2.10. The Labute approximate surface area is 127 Å². The SMILES string of the molecule is CCC(O)CCNC(=O)c1cc(C(C)C)n(C(C)(C)C)n1. The smallest absolute Gasteiger partial charge is 0.271 e. The van der Waals surface area contributed by atoms with E-state index in [-0.39, 0.29) is 17.6 Å². The zero-order valence-electron chi connectivity index (χ0n) is 14.1. The van der Waals surface area contributed by atoms with Gasteiger partial charge in [0.15, 0.2) is 0 Å². The van der Waals surface area contributed by atoms with Crippen molar-refractivity contribution in [3.63, 3.8) is 0 Å². The van der Waals surface area contributed by atoms with E-state index >= 15 is 0 Å². The minimum absolute atomic E-state index is 0.156. The number of aliphatic hydroxyl groups excluding tert-OH is 1. The summed E-state index contributed by atoms with van der Waals surface area (Å²) in [5, 5.41) is 16.8. The molecule has 0 radical (unpaired) electrons. The number of nitrogens with zero attached hydrogens (tertiary/aromatic N) is 2. The minimum atomic E-state index is -0.358. The molecular weight excluding hydrogens is 266 g/mol. The molecule has 0 saturated heterocycles. The Hall–Kier alpha value is -1.36. The van der Waals surface area contributed by atoms with Crippen LogP contribution >= 0.6 is 0 Å². The fourth-order valence-corrected chi connectivity index (χ4v) is 2.10. The lowest BCUT2D eigenvalue weighted by Crippen LogP contribution is -2.29. The molecule has 1 heterocycles. The average molecular weight is 295 g/mol. The van der Waals surface area contributed by atoms with Gasteiger partial charge in [-0.3, -0.25) is 9.48 Å². The Balaban J connectivity index is 2.82. The van der Waals surface area contributed by atoms with Gasteiger partial charge in [-0.25, -0.2) is 0 Å². The summed E-state index contributed by atoms with van der Waals surface area (Å²) in [6.45, 7) is 12.8. The number of rotatable bonds is 6. The maximum absolute atomic E-state index is 12.2. The molecule has 0 bridgehead atoms. The molecule has 0 spiro atoms. The maximum Gasteiger partial charge on any atom is 0.271 e. The lowest BCUT2D eigenvalue weighted by atomic mass is 10.1. The number of carbonyl (C=O) groups excluding carboxylic acids is 1. The van der Waals surface area contributed by atoms with Gasteiger partial charge in [-0.05, 0) is 45.6 Å². The lowest BCUT2D eigenvalue weighted by molar-refractivity contribution is 0.0935. The molecule has 5 heteroatoms. The molecule has 1 aromatic heterocycles. The summed E-state index contributed by atoms with van der Waals surface area (Å²) in [5.41, 5.74) is 1.34. The van der Waals surface area contributed by atoms with Crippen LogP contribution in [0.5, 0.6) is 0 Å². The highest BCUT2D eigenvalue weighted by Crippen LogP contribution is 2.23. The number of aliphatic hydroxyl groups is 1. The average Bonchev–Trinajstić information content (AvgIpc) is 2.83. The van der Waals surface area contributed by atoms with E-state index in [1.54, 1.807) is 0 Å². The molecule has 1 aromatic rings. The molecule has 0 aliphatic carbocycles. The molecule has 1 unspecified atom stereocenters. The molecule has 5 nitrogen and oxygen atoms in total. The highest BCUT2D eigenvalue weighted by molar-refractivity contribution is 5.92. The first kappa shape index (κ1) is 17.7. The summed E-state index contributed by atoms with van der Waals surface area (Å²) in [4.78, 5) is 12.2. The summed E-state index contributed by atoms with van der Waals surface area (Å²) in [6, 6.07) is 1.86. The second kappa shape index (κ2) is 7.07. The largest absolute Gasteiger partial charge is 0.393 e. The Kier molecular flexibility index (Phi) is 5.96. The molecule has 2 N–H and O–H groups in total. The van der Waals surface area contributed by atoms with E-state index in [9.17, 15) is 9.90 Å². The van der Waals surface area contributed by atoms with Crippen LogP contribution in [-0.4, -0.2) is 33.4 Å². The molecular formula is C16H29N3O2. The van der Waals surface area contributed by atoms with E-state index in [2.05, 4.69) is 45.0 Å². The van der Waals surface area contributed by atoms with Gasteiger partial charge >= 0.3 is 0 Å².